The number of benzene rings is 1. The minimum absolute atomic E-state index is 0.593. The first-order valence-electron chi connectivity index (χ1n) is 4.42. The molecule has 0 radical (unpaired) electrons. The van der Waals surface area contributed by atoms with Gasteiger partial charge in [0.1, 0.15) is 6.07 Å². The molecule has 0 fully saturated rings. The van der Waals surface area contributed by atoms with Crippen molar-refractivity contribution in [1.29, 1.82) is 5.26 Å². The van der Waals surface area contributed by atoms with E-state index in [1.807, 2.05) is 12.1 Å². The minimum Gasteiger partial charge on any atom is -0.192 e. The number of halogens is 1. The van der Waals surface area contributed by atoms with Gasteiger partial charge in [-0.1, -0.05) is 18.5 Å². The minimum atomic E-state index is 0.593. The van der Waals surface area contributed by atoms with Crippen LogP contribution in [0.25, 0.3) is 0 Å². The third-order valence-corrected chi connectivity index (χ3v) is 2.86. The van der Waals surface area contributed by atoms with Crippen LogP contribution in [0.4, 0.5) is 0 Å². The molecule has 1 nitrogen and oxygen atoms in total. The zero-order valence-electron chi connectivity index (χ0n) is 7.47. The molecule has 1 unspecified atom stereocenters. The highest BCUT2D eigenvalue weighted by Gasteiger charge is 2.19. The number of hydrogen-bond donors (Lipinski definition) is 0. The van der Waals surface area contributed by atoms with Crippen LogP contribution in [0.15, 0.2) is 12.1 Å². The van der Waals surface area contributed by atoms with Crippen molar-refractivity contribution in [3.05, 3.63) is 33.8 Å². The first-order valence-corrected chi connectivity index (χ1v) is 4.80. The van der Waals surface area contributed by atoms with E-state index in [1.54, 1.807) is 0 Å². The summed E-state index contributed by atoms with van der Waals surface area (Å²) in [6, 6.07) is 5.98. The Bertz CT molecular complexity index is 390. The van der Waals surface area contributed by atoms with Gasteiger partial charge in [0.25, 0.3) is 0 Å². The second-order valence-electron chi connectivity index (χ2n) is 3.73. The second-order valence-corrected chi connectivity index (χ2v) is 4.13. The fourth-order valence-electron chi connectivity index (χ4n) is 1.95. The molecule has 0 aliphatic heterocycles. The lowest BCUT2D eigenvalue weighted by Crippen LogP contribution is -1.89. The number of nitrogens with zero attached hydrogens (tertiary/aromatic N) is 1. The van der Waals surface area contributed by atoms with E-state index >= 15 is 0 Å². The fraction of sp³-hybridized carbons (Fsp3) is 0.364. The molecule has 0 spiro atoms. The lowest BCUT2D eigenvalue weighted by molar-refractivity contribution is 0.628. The summed E-state index contributed by atoms with van der Waals surface area (Å²) in [6.07, 6.45) is 2.18. The van der Waals surface area contributed by atoms with Gasteiger partial charge < -0.3 is 0 Å². The zero-order chi connectivity index (χ0) is 9.42. The molecule has 0 amide bonds. The van der Waals surface area contributed by atoms with Crippen LogP contribution in [-0.2, 0) is 12.8 Å². The van der Waals surface area contributed by atoms with Crippen molar-refractivity contribution in [3.63, 3.8) is 0 Å². The number of hydrogen-bond acceptors (Lipinski definition) is 1. The molecule has 1 aromatic carbocycles. The lowest BCUT2D eigenvalue weighted by atomic mass is 10.1. The molecule has 0 saturated carbocycles. The predicted octanol–water partition coefficient (Wildman–Crippen LogP) is 2.95. The summed E-state index contributed by atoms with van der Waals surface area (Å²) >= 11 is 5.93. The number of fused-ring (bicyclic) bond motifs is 1. The van der Waals surface area contributed by atoms with Crippen molar-refractivity contribution in [2.24, 2.45) is 5.92 Å². The molecular formula is C11H10ClN. The molecule has 1 aliphatic carbocycles. The van der Waals surface area contributed by atoms with Gasteiger partial charge in [0, 0.05) is 0 Å². The molecule has 0 aromatic heterocycles. The van der Waals surface area contributed by atoms with Crippen LogP contribution in [0.3, 0.4) is 0 Å². The van der Waals surface area contributed by atoms with E-state index in [0.29, 0.717) is 16.5 Å². The van der Waals surface area contributed by atoms with Crippen LogP contribution >= 0.6 is 11.6 Å². The third kappa shape index (κ3) is 1.43. The normalized spacial score (nSPS) is 19.6. The van der Waals surface area contributed by atoms with Gasteiger partial charge in [-0.2, -0.15) is 5.26 Å². The molecule has 1 aromatic rings. The Kier molecular flexibility index (Phi) is 2.01. The highest BCUT2D eigenvalue weighted by Crippen LogP contribution is 2.30. The fourth-order valence-corrected chi connectivity index (χ4v) is 2.18. The second kappa shape index (κ2) is 3.05. The monoisotopic (exact) mass is 191 g/mol. The first-order chi connectivity index (χ1) is 6.20. The Hall–Kier alpha value is -1.00. The van der Waals surface area contributed by atoms with Crippen molar-refractivity contribution in [3.8, 4) is 6.07 Å². The molecule has 0 heterocycles. The molecule has 0 bridgehead atoms. The summed E-state index contributed by atoms with van der Waals surface area (Å²) in [4.78, 5) is 0. The number of rotatable bonds is 0. The zero-order valence-corrected chi connectivity index (χ0v) is 8.23. The molecule has 2 rings (SSSR count). The highest BCUT2D eigenvalue weighted by atomic mass is 35.5. The van der Waals surface area contributed by atoms with Crippen molar-refractivity contribution in [2.75, 3.05) is 0 Å². The average Bonchev–Trinajstić information content (AvgIpc) is 2.42. The molecule has 1 aliphatic rings. The Morgan fingerprint density at radius 1 is 1.38 bits per heavy atom. The van der Waals surface area contributed by atoms with Crippen molar-refractivity contribution in [2.45, 2.75) is 19.8 Å². The van der Waals surface area contributed by atoms with Gasteiger partial charge in [0.05, 0.1) is 10.6 Å². The van der Waals surface area contributed by atoms with Gasteiger partial charge in [0.15, 0.2) is 0 Å². The smallest absolute Gasteiger partial charge is 0.101 e. The number of nitriles is 1. The molecular weight excluding hydrogens is 182 g/mol. The van der Waals surface area contributed by atoms with E-state index in [0.717, 1.165) is 12.8 Å². The van der Waals surface area contributed by atoms with Gasteiger partial charge in [-0.3, -0.25) is 0 Å². The Balaban J connectivity index is 2.52. The van der Waals surface area contributed by atoms with Crippen molar-refractivity contribution in [1.82, 2.24) is 0 Å². The quantitative estimate of drug-likeness (QED) is 0.619. The van der Waals surface area contributed by atoms with Crippen LogP contribution < -0.4 is 0 Å². The molecule has 13 heavy (non-hydrogen) atoms. The van der Waals surface area contributed by atoms with Gasteiger partial charge in [-0.15, -0.1) is 0 Å². The summed E-state index contributed by atoms with van der Waals surface area (Å²) in [7, 11) is 0. The summed E-state index contributed by atoms with van der Waals surface area (Å²) in [5, 5.41) is 9.37. The van der Waals surface area contributed by atoms with Crippen LogP contribution in [-0.4, -0.2) is 0 Å². The SMILES string of the molecule is CC1Cc2cc(Cl)c(C#N)cc2C1. The van der Waals surface area contributed by atoms with E-state index < -0.39 is 0 Å². The van der Waals surface area contributed by atoms with E-state index in [9.17, 15) is 0 Å². The molecule has 66 valence electrons. The summed E-state index contributed by atoms with van der Waals surface area (Å²) < 4.78 is 0. The van der Waals surface area contributed by atoms with Gasteiger partial charge in [-0.25, -0.2) is 0 Å². The van der Waals surface area contributed by atoms with E-state index in [-0.39, 0.29) is 0 Å². The van der Waals surface area contributed by atoms with Gasteiger partial charge >= 0.3 is 0 Å². The predicted molar refractivity (Wildman–Crippen MR) is 52.7 cm³/mol. The van der Waals surface area contributed by atoms with Crippen LogP contribution in [0, 0.1) is 17.2 Å². The maximum atomic E-state index is 8.78. The maximum absolute atomic E-state index is 8.78. The highest BCUT2D eigenvalue weighted by molar-refractivity contribution is 6.31. The Morgan fingerprint density at radius 2 is 2.00 bits per heavy atom. The standard InChI is InChI=1S/C11H10ClN/c1-7-2-8-4-10(6-13)11(12)5-9(8)3-7/h4-5,7H,2-3H2,1H3. The molecule has 2 heteroatoms. The van der Waals surface area contributed by atoms with Crippen LogP contribution in [0.1, 0.15) is 23.6 Å². The molecule has 0 N–H and O–H groups in total. The van der Waals surface area contributed by atoms with Crippen LogP contribution in [0.2, 0.25) is 5.02 Å². The average molecular weight is 192 g/mol. The summed E-state index contributed by atoms with van der Waals surface area (Å²) in [5.74, 6) is 0.694. The van der Waals surface area contributed by atoms with E-state index in [2.05, 4.69) is 13.0 Å². The van der Waals surface area contributed by atoms with Crippen molar-refractivity contribution < 1.29 is 0 Å². The van der Waals surface area contributed by atoms with E-state index in [4.69, 9.17) is 16.9 Å². The van der Waals surface area contributed by atoms with Gasteiger partial charge in [-0.05, 0) is 42.0 Å². The lowest BCUT2D eigenvalue weighted by Gasteiger charge is -2.00. The molecule has 1 atom stereocenters. The summed E-state index contributed by atoms with van der Waals surface area (Å²) in [6.45, 7) is 2.22. The topological polar surface area (TPSA) is 23.8 Å². The van der Waals surface area contributed by atoms with Gasteiger partial charge in [0.2, 0.25) is 0 Å². The Labute approximate surface area is 82.9 Å². The van der Waals surface area contributed by atoms with Crippen LogP contribution in [0.5, 0.6) is 0 Å². The summed E-state index contributed by atoms with van der Waals surface area (Å²) in [5.41, 5.74) is 3.22. The Morgan fingerprint density at radius 3 is 2.62 bits per heavy atom. The van der Waals surface area contributed by atoms with Crippen molar-refractivity contribution >= 4 is 11.6 Å². The molecule has 0 saturated heterocycles. The third-order valence-electron chi connectivity index (χ3n) is 2.55. The maximum Gasteiger partial charge on any atom is 0.101 e. The van der Waals surface area contributed by atoms with E-state index in [1.165, 1.54) is 11.1 Å². The first kappa shape index (κ1) is 8.59. The largest absolute Gasteiger partial charge is 0.192 e.